The van der Waals surface area contributed by atoms with E-state index in [4.69, 9.17) is 4.74 Å². The average Bonchev–Trinajstić information content (AvgIpc) is 3.28. The van der Waals surface area contributed by atoms with Gasteiger partial charge in [-0.3, -0.25) is 4.72 Å². The van der Waals surface area contributed by atoms with Crippen LogP contribution in [0, 0.1) is 0 Å². The normalized spacial score (nSPS) is 16.2. The molecule has 204 valence electrons. The largest absolute Gasteiger partial charge is 0.461 e. The second kappa shape index (κ2) is 12.2. The number of hydrogen-bond acceptors (Lipinski definition) is 10. The number of carbonyl (C=O) groups is 1. The van der Waals surface area contributed by atoms with Gasteiger partial charge in [-0.05, 0) is 50.3 Å². The maximum atomic E-state index is 12.9. The molecule has 1 aromatic heterocycles. The van der Waals surface area contributed by atoms with Crippen LogP contribution in [0.2, 0.25) is 0 Å². The van der Waals surface area contributed by atoms with Gasteiger partial charge in [0.15, 0.2) is 5.75 Å². The van der Waals surface area contributed by atoms with E-state index in [-0.39, 0.29) is 34.2 Å². The molecule has 0 amide bonds. The molecular weight excluding hydrogens is 533 g/mol. The van der Waals surface area contributed by atoms with Gasteiger partial charge >= 0.3 is 12.1 Å². The predicted molar refractivity (Wildman–Crippen MR) is 135 cm³/mol. The minimum absolute atomic E-state index is 0.000455. The number of alkyl halides is 3. The van der Waals surface area contributed by atoms with Gasteiger partial charge in [0.1, 0.15) is 5.69 Å². The first-order chi connectivity index (χ1) is 17.5. The quantitative estimate of drug-likeness (QED) is 0.272. The molecule has 3 rings (SSSR count). The van der Waals surface area contributed by atoms with Gasteiger partial charge in [-0.1, -0.05) is 31.6 Å². The van der Waals surface area contributed by atoms with Crippen molar-refractivity contribution in [2.45, 2.75) is 65.1 Å². The Balaban J connectivity index is 2.02. The maximum absolute atomic E-state index is 12.9. The molecule has 1 aliphatic heterocycles. The van der Waals surface area contributed by atoms with Crippen LogP contribution in [0.4, 0.5) is 35.4 Å². The molecule has 1 atom stereocenters. The summed E-state index contributed by atoms with van der Waals surface area (Å²) >= 11 is 0.816. The summed E-state index contributed by atoms with van der Waals surface area (Å²) in [7, 11) is -4.77. The van der Waals surface area contributed by atoms with E-state index in [0.29, 0.717) is 6.42 Å². The molecule has 2 heterocycles. The second-order valence-corrected chi connectivity index (χ2v) is 11.1. The minimum atomic E-state index is -4.92. The third-order valence-corrected chi connectivity index (χ3v) is 7.67. The Morgan fingerprint density at radius 2 is 2.00 bits per heavy atom. The van der Waals surface area contributed by atoms with E-state index in [2.05, 4.69) is 39.2 Å². The van der Waals surface area contributed by atoms with Crippen LogP contribution < -0.4 is 9.62 Å². The summed E-state index contributed by atoms with van der Waals surface area (Å²) in [5, 5.41) is 15.4. The molecule has 0 aliphatic carbocycles. The first kappa shape index (κ1) is 28.8. The monoisotopic (exact) mass is 562 g/mol. The van der Waals surface area contributed by atoms with Crippen LogP contribution >= 0.6 is 11.3 Å². The highest BCUT2D eigenvalue weighted by Crippen LogP contribution is 2.40. The van der Waals surface area contributed by atoms with Gasteiger partial charge in [0.2, 0.25) is 15.0 Å². The smallest absolute Gasteiger partial charge is 0.404 e. The molecule has 2 aromatic rings. The van der Waals surface area contributed by atoms with E-state index in [1.165, 1.54) is 6.07 Å². The molecule has 10 nitrogen and oxygen atoms in total. The Morgan fingerprint density at radius 3 is 2.65 bits per heavy atom. The number of rotatable bonds is 11. The van der Waals surface area contributed by atoms with Crippen molar-refractivity contribution < 1.29 is 31.1 Å². The Hall–Kier alpha value is -2.81. The van der Waals surface area contributed by atoms with Crippen molar-refractivity contribution in [3.63, 3.8) is 0 Å². The molecule has 1 aliphatic rings. The van der Waals surface area contributed by atoms with Crippen molar-refractivity contribution in [1.29, 1.82) is 0 Å². The summed E-state index contributed by atoms with van der Waals surface area (Å²) in [6.45, 7) is 6.66. The maximum Gasteiger partial charge on any atom is 0.404 e. The van der Waals surface area contributed by atoms with Crippen molar-refractivity contribution in [3.05, 3.63) is 22.7 Å². The lowest BCUT2D eigenvalue weighted by Crippen LogP contribution is -2.39. The number of azo groups is 1. The van der Waals surface area contributed by atoms with Crippen LogP contribution in [0.15, 0.2) is 22.4 Å². The number of nitrogens with zero attached hydrogens (tertiary/aromatic N) is 5. The fourth-order valence-electron chi connectivity index (χ4n) is 4.03. The van der Waals surface area contributed by atoms with E-state index in [1.54, 1.807) is 13.0 Å². The topological polar surface area (TPSA) is 126 Å². The zero-order valence-electron chi connectivity index (χ0n) is 20.7. The zero-order valence-corrected chi connectivity index (χ0v) is 22.3. The third-order valence-electron chi connectivity index (χ3n) is 5.64. The number of fused-ring (bicyclic) bond motifs is 1. The van der Waals surface area contributed by atoms with Gasteiger partial charge in [-0.2, -0.15) is 13.2 Å². The Morgan fingerprint density at radius 1 is 1.24 bits per heavy atom. The van der Waals surface area contributed by atoms with Crippen LogP contribution in [0.1, 0.15) is 61.8 Å². The van der Waals surface area contributed by atoms with E-state index in [9.17, 15) is 26.4 Å². The lowest BCUT2D eigenvalue weighted by Gasteiger charge is -2.39. The first-order valence-corrected chi connectivity index (χ1v) is 14.4. The number of halogens is 3. The Kier molecular flexibility index (Phi) is 9.45. The van der Waals surface area contributed by atoms with Crippen molar-refractivity contribution in [3.8, 4) is 0 Å². The predicted octanol–water partition coefficient (Wildman–Crippen LogP) is 5.77. The second-order valence-electron chi connectivity index (χ2n) is 8.43. The lowest BCUT2D eigenvalue weighted by molar-refractivity contribution is -0.106. The number of nitrogens with one attached hydrogen (secondary N) is 1. The summed E-state index contributed by atoms with van der Waals surface area (Å²) in [5.41, 5.74) is 1.55. The molecule has 0 saturated carbocycles. The average molecular weight is 563 g/mol. The summed E-state index contributed by atoms with van der Waals surface area (Å²) in [4.78, 5) is 14.0. The van der Waals surface area contributed by atoms with Crippen LogP contribution in [-0.2, 0) is 21.2 Å². The number of anilines is 2. The molecule has 1 unspecified atom stereocenters. The lowest BCUT2D eigenvalue weighted by atomic mass is 9.93. The number of esters is 1. The minimum Gasteiger partial charge on any atom is -0.461 e. The summed E-state index contributed by atoms with van der Waals surface area (Å²) in [5.74, 6) is -2.71. The first-order valence-electron chi connectivity index (χ1n) is 11.9. The highest BCUT2D eigenvalue weighted by Gasteiger charge is 2.36. The van der Waals surface area contributed by atoms with E-state index in [0.717, 1.165) is 54.8 Å². The molecule has 37 heavy (non-hydrogen) atoms. The summed E-state index contributed by atoms with van der Waals surface area (Å²) < 4.78 is 70.3. The van der Waals surface area contributed by atoms with Crippen LogP contribution in [0.3, 0.4) is 0 Å². The van der Waals surface area contributed by atoms with E-state index < -0.39 is 27.9 Å². The van der Waals surface area contributed by atoms with Crippen molar-refractivity contribution >= 4 is 49.5 Å². The van der Waals surface area contributed by atoms with Gasteiger partial charge in [0.25, 0.3) is 5.13 Å². The number of unbranched alkanes of at least 4 members (excludes halogenated alkanes) is 1. The highest BCUT2D eigenvalue weighted by atomic mass is 32.2. The van der Waals surface area contributed by atoms with Gasteiger partial charge in [-0.25, -0.2) is 13.2 Å². The molecule has 0 fully saturated rings. The standard InChI is InChI=1S/C22H29F3N6O4S2/c1-4-7-10-31-15(5-2)9-8-14-11-16(26-28-21-29-27-19(36-21)20(32)35-6-3)17(12-18(14)31)30-37(33,34)13-22(23,24)25/h11-12,15,30H,4-10,13H2,1-3H3. The molecule has 0 bridgehead atoms. The summed E-state index contributed by atoms with van der Waals surface area (Å²) in [6, 6.07) is 3.38. The molecule has 15 heteroatoms. The number of carbonyl (C=O) groups excluding carboxylic acids is 1. The molecule has 1 aromatic carbocycles. The van der Waals surface area contributed by atoms with Crippen molar-refractivity contribution in [2.75, 3.05) is 28.5 Å². The summed E-state index contributed by atoms with van der Waals surface area (Å²) in [6.07, 6.45) is -0.609. The number of hydrogen-bond donors (Lipinski definition) is 1. The fourth-order valence-corrected chi connectivity index (χ4v) is 5.59. The molecular formula is C22H29F3N6O4S2. The number of aromatic nitrogens is 2. The molecule has 0 radical (unpaired) electrons. The van der Waals surface area contributed by atoms with Crippen molar-refractivity contribution in [2.24, 2.45) is 10.2 Å². The number of ether oxygens (including phenoxy) is 1. The molecule has 0 saturated heterocycles. The third kappa shape index (κ3) is 7.84. The van der Waals surface area contributed by atoms with Crippen LogP contribution in [0.25, 0.3) is 0 Å². The Labute approximate surface area is 217 Å². The highest BCUT2D eigenvalue weighted by molar-refractivity contribution is 7.92. The van der Waals surface area contributed by atoms with Crippen molar-refractivity contribution in [1.82, 2.24) is 10.2 Å². The molecule has 1 N–H and O–H groups in total. The van der Waals surface area contributed by atoms with Gasteiger partial charge in [0.05, 0.1) is 12.3 Å². The van der Waals surface area contributed by atoms with Gasteiger partial charge in [-0.15, -0.1) is 20.4 Å². The number of benzene rings is 1. The number of sulfonamides is 1. The number of aryl methyl sites for hydroxylation is 1. The van der Waals surface area contributed by atoms with Crippen LogP contribution in [-0.4, -0.2) is 55.7 Å². The molecule has 0 spiro atoms. The van der Waals surface area contributed by atoms with Gasteiger partial charge < -0.3 is 9.64 Å². The van der Waals surface area contributed by atoms with E-state index >= 15 is 0 Å². The zero-order chi connectivity index (χ0) is 27.2. The SMILES string of the molecule is CCCCN1c2cc(NS(=O)(=O)CC(F)(F)F)c(N=Nc3nnc(C(=O)OCC)s3)cc2CCC1CC. The van der Waals surface area contributed by atoms with Gasteiger partial charge in [0, 0.05) is 18.3 Å². The fraction of sp³-hybridized carbons (Fsp3) is 0.591. The Bertz CT molecular complexity index is 1230. The van der Waals surface area contributed by atoms with Crippen LogP contribution in [0.5, 0.6) is 0 Å². The van der Waals surface area contributed by atoms with E-state index in [1.807, 2.05) is 4.72 Å².